The Morgan fingerprint density at radius 2 is 1.83 bits per heavy atom. The number of nitrogens with one attached hydrogen (secondary N) is 1. The number of thioether (sulfide) groups is 1. The minimum atomic E-state index is -0.670. The van der Waals surface area contributed by atoms with E-state index in [1.165, 1.54) is 28.8 Å². The van der Waals surface area contributed by atoms with Gasteiger partial charge < -0.3 is 10.2 Å². The van der Waals surface area contributed by atoms with Crippen molar-refractivity contribution >= 4 is 46.8 Å². The molecule has 0 aliphatic carbocycles. The maximum atomic E-state index is 13.9. The first kappa shape index (κ1) is 23.5. The van der Waals surface area contributed by atoms with Crippen LogP contribution < -0.4 is 5.32 Å². The second kappa shape index (κ2) is 11.4. The van der Waals surface area contributed by atoms with E-state index in [4.69, 9.17) is 23.2 Å². The summed E-state index contributed by atoms with van der Waals surface area (Å²) in [7, 11) is 0. The number of amides is 2. The summed E-state index contributed by atoms with van der Waals surface area (Å²) in [5, 5.41) is 3.59. The van der Waals surface area contributed by atoms with Crippen LogP contribution in [0.4, 0.5) is 4.39 Å². The molecule has 0 unspecified atom stereocenters. The lowest BCUT2D eigenvalue weighted by molar-refractivity contribution is -0.138. The number of halogens is 3. The third-order valence-electron chi connectivity index (χ3n) is 4.35. The van der Waals surface area contributed by atoms with Gasteiger partial charge in [0.2, 0.25) is 11.8 Å². The van der Waals surface area contributed by atoms with Gasteiger partial charge in [-0.25, -0.2) is 4.39 Å². The number of hydrogen-bond acceptors (Lipinski definition) is 3. The SMILES string of the molecule is CCNC(=O)[C@H](C)N(Cc1ccccc1Cl)C(=O)CSCc1c(F)cccc1Cl. The lowest BCUT2D eigenvalue weighted by atomic mass is 10.1. The third kappa shape index (κ3) is 6.63. The van der Waals surface area contributed by atoms with Crippen molar-refractivity contribution in [3.63, 3.8) is 0 Å². The predicted octanol–water partition coefficient (Wildman–Crippen LogP) is 4.92. The van der Waals surface area contributed by atoms with Crippen molar-refractivity contribution in [1.29, 1.82) is 0 Å². The molecular weight excluding hydrogens is 434 g/mol. The first-order chi connectivity index (χ1) is 13.8. The van der Waals surface area contributed by atoms with Crippen LogP contribution in [0.1, 0.15) is 25.0 Å². The van der Waals surface area contributed by atoms with Crippen LogP contribution in [0.5, 0.6) is 0 Å². The maximum Gasteiger partial charge on any atom is 0.242 e. The Labute approximate surface area is 184 Å². The molecule has 1 atom stereocenters. The fourth-order valence-corrected chi connectivity index (χ4v) is 4.15. The van der Waals surface area contributed by atoms with E-state index in [1.807, 2.05) is 19.1 Å². The number of rotatable bonds is 9. The number of carbonyl (C=O) groups is 2. The Balaban J connectivity index is 2.11. The van der Waals surface area contributed by atoms with Gasteiger partial charge in [0.15, 0.2) is 0 Å². The molecule has 2 aromatic carbocycles. The monoisotopic (exact) mass is 456 g/mol. The standard InChI is InChI=1S/C21H23Cl2FN2O2S/c1-3-25-21(28)14(2)26(11-15-7-4-5-8-17(15)22)20(27)13-29-12-16-18(23)9-6-10-19(16)24/h4-10,14H,3,11-13H2,1-2H3,(H,25,28)/t14-/m0/s1. The molecule has 0 saturated carbocycles. The van der Waals surface area contributed by atoms with Crippen molar-refractivity contribution in [1.82, 2.24) is 10.2 Å². The second-order valence-corrected chi connectivity index (χ2v) is 8.18. The summed E-state index contributed by atoms with van der Waals surface area (Å²) in [5.74, 6) is -0.539. The molecule has 0 spiro atoms. The molecule has 29 heavy (non-hydrogen) atoms. The summed E-state index contributed by atoms with van der Waals surface area (Å²) in [4.78, 5) is 26.7. The van der Waals surface area contributed by atoms with Crippen LogP contribution in [0, 0.1) is 5.82 Å². The average Bonchev–Trinajstić information content (AvgIpc) is 2.69. The first-order valence-electron chi connectivity index (χ1n) is 9.16. The zero-order valence-electron chi connectivity index (χ0n) is 16.3. The molecule has 0 bridgehead atoms. The quantitative estimate of drug-likeness (QED) is 0.582. The van der Waals surface area contributed by atoms with E-state index in [-0.39, 0.29) is 29.9 Å². The van der Waals surface area contributed by atoms with Crippen LogP contribution >= 0.6 is 35.0 Å². The summed E-state index contributed by atoms with van der Waals surface area (Å²) in [6, 6.07) is 11.0. The first-order valence-corrected chi connectivity index (χ1v) is 11.1. The molecule has 2 amide bonds. The molecular formula is C21H23Cl2FN2O2S. The van der Waals surface area contributed by atoms with E-state index < -0.39 is 11.9 Å². The number of benzene rings is 2. The van der Waals surface area contributed by atoms with Crippen molar-refractivity contribution in [2.45, 2.75) is 32.2 Å². The van der Waals surface area contributed by atoms with Crippen molar-refractivity contribution in [3.05, 3.63) is 69.5 Å². The minimum Gasteiger partial charge on any atom is -0.355 e. The Bertz CT molecular complexity index is 846. The van der Waals surface area contributed by atoms with Gasteiger partial charge >= 0.3 is 0 Å². The van der Waals surface area contributed by atoms with Crippen molar-refractivity contribution in [2.75, 3.05) is 12.3 Å². The fourth-order valence-electron chi connectivity index (χ4n) is 2.71. The molecule has 0 aliphatic rings. The van der Waals surface area contributed by atoms with Crippen LogP contribution in [0.3, 0.4) is 0 Å². The minimum absolute atomic E-state index is 0.0822. The van der Waals surface area contributed by atoms with E-state index >= 15 is 0 Å². The normalized spacial score (nSPS) is 11.8. The van der Waals surface area contributed by atoms with Crippen LogP contribution in [0.25, 0.3) is 0 Å². The number of hydrogen-bond donors (Lipinski definition) is 1. The van der Waals surface area contributed by atoms with Crippen LogP contribution in [0.2, 0.25) is 10.0 Å². The van der Waals surface area contributed by atoms with Crippen LogP contribution in [-0.4, -0.2) is 35.1 Å². The molecule has 8 heteroatoms. The van der Waals surface area contributed by atoms with E-state index in [9.17, 15) is 14.0 Å². The zero-order chi connectivity index (χ0) is 21.4. The maximum absolute atomic E-state index is 13.9. The van der Waals surface area contributed by atoms with Gasteiger partial charge in [-0.3, -0.25) is 9.59 Å². The van der Waals surface area contributed by atoms with Gasteiger partial charge in [0.05, 0.1) is 5.75 Å². The molecule has 0 heterocycles. The van der Waals surface area contributed by atoms with Gasteiger partial charge in [0.25, 0.3) is 0 Å². The highest BCUT2D eigenvalue weighted by atomic mass is 35.5. The topological polar surface area (TPSA) is 49.4 Å². The summed E-state index contributed by atoms with van der Waals surface area (Å²) in [6.07, 6.45) is 0. The Morgan fingerprint density at radius 1 is 1.14 bits per heavy atom. The van der Waals surface area contributed by atoms with Gasteiger partial charge in [0.1, 0.15) is 11.9 Å². The smallest absolute Gasteiger partial charge is 0.242 e. The predicted molar refractivity (Wildman–Crippen MR) is 118 cm³/mol. The Morgan fingerprint density at radius 3 is 2.48 bits per heavy atom. The van der Waals surface area contributed by atoms with Crippen molar-refractivity contribution < 1.29 is 14.0 Å². The zero-order valence-corrected chi connectivity index (χ0v) is 18.6. The fraction of sp³-hybridized carbons (Fsp3) is 0.333. The van der Waals surface area contributed by atoms with E-state index in [0.29, 0.717) is 22.2 Å². The molecule has 156 valence electrons. The van der Waals surface area contributed by atoms with Crippen LogP contribution in [0.15, 0.2) is 42.5 Å². The van der Waals surface area contributed by atoms with Gasteiger partial charge in [0, 0.05) is 34.5 Å². The highest BCUT2D eigenvalue weighted by Crippen LogP contribution is 2.25. The van der Waals surface area contributed by atoms with E-state index in [2.05, 4.69) is 5.32 Å². The highest BCUT2D eigenvalue weighted by molar-refractivity contribution is 7.99. The van der Waals surface area contributed by atoms with Gasteiger partial charge in [-0.1, -0.05) is 47.5 Å². The Kier molecular flexibility index (Phi) is 9.27. The van der Waals surface area contributed by atoms with Crippen LogP contribution in [-0.2, 0) is 21.9 Å². The summed E-state index contributed by atoms with van der Waals surface area (Å²) < 4.78 is 13.9. The van der Waals surface area contributed by atoms with E-state index in [0.717, 1.165) is 5.56 Å². The van der Waals surface area contributed by atoms with Gasteiger partial charge in [-0.05, 0) is 37.6 Å². The summed E-state index contributed by atoms with van der Waals surface area (Å²) in [5.41, 5.74) is 1.11. The lowest BCUT2D eigenvalue weighted by Crippen LogP contribution is -2.48. The Hall–Kier alpha value is -1.76. The molecule has 0 aromatic heterocycles. The van der Waals surface area contributed by atoms with Gasteiger partial charge in [-0.15, -0.1) is 11.8 Å². The molecule has 0 fully saturated rings. The highest BCUT2D eigenvalue weighted by Gasteiger charge is 2.26. The molecule has 0 radical (unpaired) electrons. The lowest BCUT2D eigenvalue weighted by Gasteiger charge is -2.29. The molecule has 4 nitrogen and oxygen atoms in total. The molecule has 2 aromatic rings. The largest absolute Gasteiger partial charge is 0.355 e. The summed E-state index contributed by atoms with van der Waals surface area (Å²) in [6.45, 7) is 4.17. The third-order valence-corrected chi connectivity index (χ3v) is 6.02. The number of carbonyl (C=O) groups excluding carboxylic acids is 2. The summed E-state index contributed by atoms with van der Waals surface area (Å²) >= 11 is 13.5. The van der Waals surface area contributed by atoms with Crippen molar-refractivity contribution in [2.24, 2.45) is 0 Å². The molecule has 0 saturated heterocycles. The molecule has 0 aliphatic heterocycles. The molecule has 2 rings (SSSR count). The average molecular weight is 457 g/mol. The molecule has 1 N–H and O–H groups in total. The van der Waals surface area contributed by atoms with Crippen molar-refractivity contribution in [3.8, 4) is 0 Å². The second-order valence-electron chi connectivity index (χ2n) is 6.38. The van der Waals surface area contributed by atoms with Gasteiger partial charge in [-0.2, -0.15) is 0 Å². The van der Waals surface area contributed by atoms with E-state index in [1.54, 1.807) is 25.1 Å². The number of nitrogens with zero attached hydrogens (tertiary/aromatic N) is 1. The number of likely N-dealkylation sites (N-methyl/N-ethyl adjacent to an activating group) is 1.